The van der Waals surface area contributed by atoms with E-state index in [1.165, 1.54) is 18.4 Å². The molecule has 1 unspecified atom stereocenters. The molecule has 1 amide bonds. The van der Waals surface area contributed by atoms with Crippen LogP contribution in [0.15, 0.2) is 24.3 Å². The topological polar surface area (TPSA) is 35.6 Å². The predicted molar refractivity (Wildman–Crippen MR) is 76.0 cm³/mol. The summed E-state index contributed by atoms with van der Waals surface area (Å²) in [6, 6.07) is 8.65. The molecule has 0 aromatic heterocycles. The smallest absolute Gasteiger partial charge is 0.242 e. The Hall–Kier alpha value is -1.55. The molecule has 0 saturated carbocycles. The van der Waals surface area contributed by atoms with Crippen LogP contribution >= 0.6 is 0 Å². The number of benzene rings is 1. The number of carbonyl (C=O) groups excluding carboxylic acids is 1. The molecule has 2 saturated heterocycles. The first kappa shape index (κ1) is 12.5. The van der Waals surface area contributed by atoms with Crippen molar-refractivity contribution in [2.75, 3.05) is 31.7 Å². The first-order chi connectivity index (χ1) is 9.25. The first-order valence-corrected chi connectivity index (χ1v) is 7.10. The molecule has 3 rings (SSSR count). The average Bonchev–Trinajstić information content (AvgIpc) is 2.80. The molecule has 0 bridgehead atoms. The van der Waals surface area contributed by atoms with E-state index in [1.807, 2.05) is 7.05 Å². The van der Waals surface area contributed by atoms with Crippen LogP contribution in [0.2, 0.25) is 0 Å². The van der Waals surface area contributed by atoms with Gasteiger partial charge >= 0.3 is 0 Å². The molecule has 4 nitrogen and oxygen atoms in total. The van der Waals surface area contributed by atoms with Crippen LogP contribution in [0.25, 0.3) is 0 Å². The molecule has 1 atom stereocenters. The lowest BCUT2D eigenvalue weighted by atomic mass is 9.91. The Labute approximate surface area is 114 Å². The van der Waals surface area contributed by atoms with E-state index < -0.39 is 0 Å². The lowest BCUT2D eigenvalue weighted by Gasteiger charge is -2.28. The van der Waals surface area contributed by atoms with E-state index in [1.54, 1.807) is 5.01 Å². The van der Waals surface area contributed by atoms with Gasteiger partial charge in [0, 0.05) is 26.6 Å². The minimum atomic E-state index is 0.199. The fourth-order valence-electron chi connectivity index (χ4n) is 3.03. The molecule has 1 aromatic rings. The SMILES string of the molecule is CN1C(=O)CCN1c1cccc(C2CCCNC2)c1. The number of hydrogen-bond donors (Lipinski definition) is 1. The third-order valence-corrected chi connectivity index (χ3v) is 4.20. The number of rotatable bonds is 2. The van der Waals surface area contributed by atoms with E-state index in [9.17, 15) is 4.79 Å². The molecule has 0 radical (unpaired) electrons. The third kappa shape index (κ3) is 2.45. The Morgan fingerprint density at radius 3 is 2.95 bits per heavy atom. The van der Waals surface area contributed by atoms with Gasteiger partial charge in [0.1, 0.15) is 0 Å². The molecule has 2 aliphatic rings. The van der Waals surface area contributed by atoms with Gasteiger partial charge < -0.3 is 5.32 Å². The molecule has 2 aliphatic heterocycles. The van der Waals surface area contributed by atoms with Crippen LogP contribution in [0.1, 0.15) is 30.7 Å². The summed E-state index contributed by atoms with van der Waals surface area (Å²) < 4.78 is 0. The van der Waals surface area contributed by atoms with E-state index in [2.05, 4.69) is 34.6 Å². The van der Waals surface area contributed by atoms with Crippen LogP contribution < -0.4 is 10.3 Å². The molecule has 1 aromatic carbocycles. The van der Waals surface area contributed by atoms with E-state index >= 15 is 0 Å². The van der Waals surface area contributed by atoms with Gasteiger partial charge in [-0.3, -0.25) is 14.8 Å². The summed E-state index contributed by atoms with van der Waals surface area (Å²) in [7, 11) is 1.85. The van der Waals surface area contributed by atoms with Gasteiger partial charge in [-0.15, -0.1) is 0 Å². The Kier molecular flexibility index (Phi) is 3.42. The van der Waals surface area contributed by atoms with Gasteiger partial charge in [0.25, 0.3) is 0 Å². The largest absolute Gasteiger partial charge is 0.316 e. The molecular weight excluding hydrogens is 238 g/mol. The normalized spacial score (nSPS) is 24.1. The van der Waals surface area contributed by atoms with Crippen LogP contribution in [-0.4, -0.2) is 37.6 Å². The van der Waals surface area contributed by atoms with Gasteiger partial charge in [-0.2, -0.15) is 0 Å². The molecule has 102 valence electrons. The zero-order valence-corrected chi connectivity index (χ0v) is 11.4. The quantitative estimate of drug-likeness (QED) is 0.878. The summed E-state index contributed by atoms with van der Waals surface area (Å²) in [6.45, 7) is 3.00. The molecule has 2 fully saturated rings. The fraction of sp³-hybridized carbons (Fsp3) is 0.533. The molecule has 4 heteroatoms. The standard InChI is InChI=1S/C15H21N3O/c1-17-15(19)7-9-18(17)14-6-2-4-12(10-14)13-5-3-8-16-11-13/h2,4,6,10,13,16H,3,5,7-9,11H2,1H3. The maximum Gasteiger partial charge on any atom is 0.242 e. The second-order valence-electron chi connectivity index (χ2n) is 5.43. The van der Waals surface area contributed by atoms with Crippen LogP contribution in [0.4, 0.5) is 5.69 Å². The fourth-order valence-corrected chi connectivity index (χ4v) is 3.03. The highest BCUT2D eigenvalue weighted by atomic mass is 16.2. The highest BCUT2D eigenvalue weighted by Crippen LogP contribution is 2.28. The third-order valence-electron chi connectivity index (χ3n) is 4.20. The lowest BCUT2D eigenvalue weighted by Crippen LogP contribution is -2.35. The zero-order chi connectivity index (χ0) is 13.2. The van der Waals surface area contributed by atoms with Crippen molar-refractivity contribution in [1.82, 2.24) is 10.3 Å². The van der Waals surface area contributed by atoms with E-state index in [4.69, 9.17) is 0 Å². The average molecular weight is 259 g/mol. The summed E-state index contributed by atoms with van der Waals surface area (Å²) in [5.41, 5.74) is 2.52. The number of nitrogens with zero attached hydrogens (tertiary/aromatic N) is 2. The molecule has 19 heavy (non-hydrogen) atoms. The maximum absolute atomic E-state index is 11.6. The summed E-state index contributed by atoms with van der Waals surface area (Å²) in [5, 5.41) is 7.27. The number of piperidine rings is 1. The highest BCUT2D eigenvalue weighted by Gasteiger charge is 2.26. The van der Waals surface area contributed by atoms with Gasteiger partial charge in [0.05, 0.1) is 5.69 Å². The summed E-state index contributed by atoms with van der Waals surface area (Å²) in [4.78, 5) is 11.6. The number of hydrazine groups is 1. The van der Waals surface area contributed by atoms with Gasteiger partial charge in [0.15, 0.2) is 0 Å². The van der Waals surface area contributed by atoms with E-state index in [-0.39, 0.29) is 5.91 Å². The van der Waals surface area contributed by atoms with Gasteiger partial charge in [0.2, 0.25) is 5.91 Å². The second-order valence-corrected chi connectivity index (χ2v) is 5.43. The van der Waals surface area contributed by atoms with Crippen molar-refractivity contribution in [2.24, 2.45) is 0 Å². The van der Waals surface area contributed by atoms with Crippen molar-refractivity contribution < 1.29 is 4.79 Å². The Morgan fingerprint density at radius 2 is 2.26 bits per heavy atom. The van der Waals surface area contributed by atoms with Crippen molar-refractivity contribution in [2.45, 2.75) is 25.2 Å². The van der Waals surface area contributed by atoms with Crippen molar-refractivity contribution in [3.63, 3.8) is 0 Å². The number of hydrogen-bond acceptors (Lipinski definition) is 3. The van der Waals surface area contributed by atoms with Crippen molar-refractivity contribution in [3.05, 3.63) is 29.8 Å². The number of amides is 1. The van der Waals surface area contributed by atoms with Crippen LogP contribution in [0.5, 0.6) is 0 Å². The lowest BCUT2D eigenvalue weighted by molar-refractivity contribution is -0.126. The Balaban J connectivity index is 1.81. The molecule has 0 aliphatic carbocycles. The highest BCUT2D eigenvalue weighted by molar-refractivity contribution is 5.81. The van der Waals surface area contributed by atoms with Crippen LogP contribution in [0.3, 0.4) is 0 Å². The number of nitrogens with one attached hydrogen (secondary N) is 1. The van der Waals surface area contributed by atoms with E-state index in [0.717, 1.165) is 25.3 Å². The van der Waals surface area contributed by atoms with Gasteiger partial charge in [-0.25, -0.2) is 0 Å². The van der Waals surface area contributed by atoms with Gasteiger partial charge in [-0.1, -0.05) is 12.1 Å². The minimum Gasteiger partial charge on any atom is -0.316 e. The van der Waals surface area contributed by atoms with Gasteiger partial charge in [-0.05, 0) is 43.0 Å². The maximum atomic E-state index is 11.6. The first-order valence-electron chi connectivity index (χ1n) is 7.10. The monoisotopic (exact) mass is 259 g/mol. The molecular formula is C15H21N3O. The van der Waals surface area contributed by atoms with Crippen LogP contribution in [-0.2, 0) is 4.79 Å². The second kappa shape index (κ2) is 5.21. The van der Waals surface area contributed by atoms with Crippen molar-refractivity contribution >= 4 is 11.6 Å². The Bertz CT molecular complexity index is 468. The summed E-state index contributed by atoms with van der Waals surface area (Å²) >= 11 is 0. The molecule has 0 spiro atoms. The molecule has 1 N–H and O–H groups in total. The summed E-state index contributed by atoms with van der Waals surface area (Å²) in [6.07, 6.45) is 3.12. The summed E-state index contributed by atoms with van der Waals surface area (Å²) in [5.74, 6) is 0.807. The van der Waals surface area contributed by atoms with Crippen molar-refractivity contribution in [1.29, 1.82) is 0 Å². The van der Waals surface area contributed by atoms with Crippen molar-refractivity contribution in [3.8, 4) is 0 Å². The number of carbonyl (C=O) groups is 1. The predicted octanol–water partition coefficient (Wildman–Crippen LogP) is 1.74. The number of anilines is 1. The Morgan fingerprint density at radius 1 is 1.37 bits per heavy atom. The zero-order valence-electron chi connectivity index (χ0n) is 11.4. The minimum absolute atomic E-state index is 0.199. The molecule has 2 heterocycles. The van der Waals surface area contributed by atoms with E-state index in [0.29, 0.717) is 12.3 Å². The van der Waals surface area contributed by atoms with Crippen LogP contribution in [0, 0.1) is 0 Å².